The number of H-pyrrole nitrogens is 1. The first-order valence-electron chi connectivity index (χ1n) is 10.7. The van der Waals surface area contributed by atoms with Crippen molar-refractivity contribution in [3.63, 3.8) is 0 Å². The summed E-state index contributed by atoms with van der Waals surface area (Å²) in [6.07, 6.45) is -2.65. The molecule has 0 radical (unpaired) electrons. The second-order valence-corrected chi connectivity index (χ2v) is 9.09. The summed E-state index contributed by atoms with van der Waals surface area (Å²) < 4.78 is 44.5. The largest absolute Gasteiger partial charge is 0.497 e. The second kappa shape index (κ2) is 7.75. The number of likely N-dealkylation sites (tertiary alicyclic amines) is 1. The van der Waals surface area contributed by atoms with Gasteiger partial charge in [-0.1, -0.05) is 6.92 Å². The number of amides is 1. The van der Waals surface area contributed by atoms with E-state index in [0.29, 0.717) is 19.2 Å². The highest BCUT2D eigenvalue weighted by Gasteiger charge is 2.59. The lowest BCUT2D eigenvalue weighted by Crippen LogP contribution is -2.59. The van der Waals surface area contributed by atoms with Crippen LogP contribution in [-0.2, 0) is 10.2 Å². The fourth-order valence-electron chi connectivity index (χ4n) is 4.85. The highest BCUT2D eigenvalue weighted by Crippen LogP contribution is 2.57. The quantitative estimate of drug-likeness (QED) is 0.726. The monoisotopic (exact) mass is 452 g/mol. The Morgan fingerprint density at radius 3 is 2.47 bits per heavy atom. The summed E-state index contributed by atoms with van der Waals surface area (Å²) in [5.74, 6) is 0.912. The maximum Gasteiger partial charge on any atom is 0.426 e. The molecule has 1 saturated heterocycles. The van der Waals surface area contributed by atoms with E-state index in [4.69, 9.17) is 9.72 Å². The number of aliphatic hydroxyl groups is 1. The molecule has 1 saturated carbocycles. The average Bonchev–Trinajstić information content (AvgIpc) is 3.40. The number of rotatable bonds is 5. The Morgan fingerprint density at radius 2 is 1.94 bits per heavy atom. The van der Waals surface area contributed by atoms with Gasteiger partial charge in [-0.2, -0.15) is 18.3 Å². The van der Waals surface area contributed by atoms with Crippen molar-refractivity contribution in [3.05, 3.63) is 30.1 Å². The van der Waals surface area contributed by atoms with Gasteiger partial charge in [0.05, 0.1) is 7.11 Å². The Hall–Kier alpha value is -2.62. The normalized spacial score (nSPS) is 24.7. The fourth-order valence-corrected chi connectivity index (χ4v) is 4.85. The summed E-state index contributed by atoms with van der Waals surface area (Å²) in [6.45, 7) is 2.79. The van der Waals surface area contributed by atoms with Crippen LogP contribution in [0, 0.1) is 11.8 Å². The van der Waals surface area contributed by atoms with Crippen LogP contribution in [0.4, 0.5) is 13.2 Å². The van der Waals surface area contributed by atoms with Crippen molar-refractivity contribution in [2.24, 2.45) is 11.8 Å². The summed E-state index contributed by atoms with van der Waals surface area (Å²) in [5.41, 5.74) is -2.74. The van der Waals surface area contributed by atoms with Gasteiger partial charge in [-0.3, -0.25) is 9.89 Å². The molecule has 1 aliphatic heterocycles. The molecule has 2 N–H and O–H groups in total. The van der Waals surface area contributed by atoms with Gasteiger partial charge >= 0.3 is 6.18 Å². The number of alkyl halides is 3. The van der Waals surface area contributed by atoms with Crippen LogP contribution < -0.4 is 4.74 Å². The Bertz CT molecular complexity index is 983. The van der Waals surface area contributed by atoms with Gasteiger partial charge in [-0.25, -0.2) is 4.98 Å². The van der Waals surface area contributed by atoms with E-state index < -0.39 is 17.7 Å². The molecule has 2 aromatic rings. The van der Waals surface area contributed by atoms with Gasteiger partial charge in [0.2, 0.25) is 5.60 Å². The minimum absolute atomic E-state index is 0.0474. The second-order valence-electron chi connectivity index (χ2n) is 9.09. The molecule has 1 aromatic heterocycles. The van der Waals surface area contributed by atoms with Gasteiger partial charge in [0.1, 0.15) is 11.6 Å². The number of halogens is 3. The first kappa shape index (κ1) is 22.6. The van der Waals surface area contributed by atoms with Crippen LogP contribution in [0.15, 0.2) is 24.3 Å². The van der Waals surface area contributed by atoms with Gasteiger partial charge in [0, 0.05) is 24.1 Å². The number of carbonyl (C=O) groups is 1. The van der Waals surface area contributed by atoms with Crippen molar-refractivity contribution >= 4 is 5.91 Å². The van der Waals surface area contributed by atoms with Gasteiger partial charge in [0.15, 0.2) is 5.82 Å². The molecule has 1 aliphatic carbocycles. The standard InChI is InChI=1S/C22H27F3N4O3/c1-13-12-29(19(30)20(2,31)22(23,24)25)11-8-16(13)21(9-10-21)18-26-17(27-28-18)14-4-6-15(32-3)7-5-14/h4-7,13,16,31H,8-12H2,1-3H3,(H,26,27,28)/t13?,16?,20-/m1/s1. The lowest BCUT2D eigenvalue weighted by Gasteiger charge is -2.42. The molecule has 32 heavy (non-hydrogen) atoms. The molecule has 1 amide bonds. The summed E-state index contributed by atoms with van der Waals surface area (Å²) >= 11 is 0. The number of aromatic nitrogens is 3. The fraction of sp³-hybridized carbons (Fsp3) is 0.591. The SMILES string of the molecule is COc1ccc(-c2n[nH]c(C3(C4CCN(C(=O)[C@@](C)(O)C(F)(F)F)CC4C)CC3)n2)cc1. The van der Waals surface area contributed by atoms with Crippen molar-refractivity contribution in [3.8, 4) is 17.1 Å². The molecule has 2 unspecified atom stereocenters. The van der Waals surface area contributed by atoms with Gasteiger partial charge in [-0.15, -0.1) is 0 Å². The van der Waals surface area contributed by atoms with Crippen LogP contribution in [0.1, 0.15) is 38.9 Å². The number of carbonyl (C=O) groups excluding carboxylic acids is 1. The third-order valence-electron chi connectivity index (χ3n) is 6.96. The third-order valence-corrected chi connectivity index (χ3v) is 6.96. The zero-order valence-electron chi connectivity index (χ0n) is 18.2. The van der Waals surface area contributed by atoms with Gasteiger partial charge in [0.25, 0.3) is 5.91 Å². The predicted octanol–water partition coefficient (Wildman–Crippen LogP) is 3.31. The van der Waals surface area contributed by atoms with E-state index in [-0.39, 0.29) is 30.3 Å². The Morgan fingerprint density at radius 1 is 1.28 bits per heavy atom. The number of ether oxygens (including phenoxy) is 1. The van der Waals surface area contributed by atoms with E-state index in [1.54, 1.807) is 7.11 Å². The number of methoxy groups -OCH3 is 1. The van der Waals surface area contributed by atoms with Crippen LogP contribution in [0.2, 0.25) is 0 Å². The first-order chi connectivity index (χ1) is 15.0. The molecule has 3 atom stereocenters. The van der Waals surface area contributed by atoms with Crippen molar-refractivity contribution < 1.29 is 27.8 Å². The molecular formula is C22H27F3N4O3. The molecule has 7 nitrogen and oxygen atoms in total. The Kier molecular flexibility index (Phi) is 5.47. The third kappa shape index (κ3) is 3.74. The number of benzene rings is 1. The van der Waals surface area contributed by atoms with Crippen molar-refractivity contribution in [2.75, 3.05) is 20.2 Å². The van der Waals surface area contributed by atoms with E-state index in [1.807, 2.05) is 31.2 Å². The van der Waals surface area contributed by atoms with E-state index in [1.165, 1.54) is 0 Å². The van der Waals surface area contributed by atoms with Crippen LogP contribution in [0.5, 0.6) is 5.75 Å². The molecule has 2 aliphatic rings. The molecule has 4 rings (SSSR count). The topological polar surface area (TPSA) is 91.3 Å². The lowest BCUT2D eigenvalue weighted by atomic mass is 9.74. The lowest BCUT2D eigenvalue weighted by molar-refractivity contribution is -0.251. The maximum atomic E-state index is 13.1. The number of nitrogens with zero attached hydrogens (tertiary/aromatic N) is 3. The molecule has 2 fully saturated rings. The minimum Gasteiger partial charge on any atom is -0.497 e. The minimum atomic E-state index is -5.01. The number of aromatic amines is 1. The van der Waals surface area contributed by atoms with E-state index >= 15 is 0 Å². The van der Waals surface area contributed by atoms with Crippen molar-refractivity contribution in [2.45, 2.75) is 50.3 Å². The summed E-state index contributed by atoms with van der Waals surface area (Å²) in [7, 11) is 1.60. The van der Waals surface area contributed by atoms with Gasteiger partial charge < -0.3 is 14.7 Å². The molecule has 174 valence electrons. The molecule has 10 heteroatoms. The molecule has 1 aromatic carbocycles. The molecule has 0 bridgehead atoms. The van der Waals surface area contributed by atoms with Crippen molar-refractivity contribution in [1.82, 2.24) is 20.1 Å². The number of nitrogens with one attached hydrogen (secondary N) is 1. The van der Waals surface area contributed by atoms with Crippen molar-refractivity contribution in [1.29, 1.82) is 0 Å². The zero-order valence-corrected chi connectivity index (χ0v) is 18.2. The number of piperidine rings is 1. The van der Waals surface area contributed by atoms with Crippen LogP contribution in [0.3, 0.4) is 0 Å². The summed E-state index contributed by atoms with van der Waals surface area (Å²) in [6, 6.07) is 7.43. The van der Waals surface area contributed by atoms with Crippen LogP contribution >= 0.6 is 0 Å². The highest BCUT2D eigenvalue weighted by molar-refractivity contribution is 5.85. The zero-order chi connectivity index (χ0) is 23.3. The number of hydrogen-bond acceptors (Lipinski definition) is 5. The molecular weight excluding hydrogens is 425 g/mol. The molecule has 2 heterocycles. The van der Waals surface area contributed by atoms with Crippen LogP contribution in [0.25, 0.3) is 11.4 Å². The first-order valence-corrected chi connectivity index (χ1v) is 10.7. The predicted molar refractivity (Wildman–Crippen MR) is 110 cm³/mol. The van der Waals surface area contributed by atoms with E-state index in [2.05, 4.69) is 10.2 Å². The maximum absolute atomic E-state index is 13.1. The number of hydrogen-bond donors (Lipinski definition) is 2. The van der Waals surface area contributed by atoms with Gasteiger partial charge in [-0.05, 0) is 62.3 Å². The molecule has 0 spiro atoms. The summed E-state index contributed by atoms with van der Waals surface area (Å²) in [5, 5.41) is 17.2. The van der Waals surface area contributed by atoms with E-state index in [0.717, 1.165) is 34.9 Å². The Labute approximate surface area is 184 Å². The van der Waals surface area contributed by atoms with Crippen LogP contribution in [-0.4, -0.2) is 63.1 Å². The summed E-state index contributed by atoms with van der Waals surface area (Å²) in [4.78, 5) is 18.2. The van der Waals surface area contributed by atoms with E-state index in [9.17, 15) is 23.1 Å². The Balaban J connectivity index is 1.48. The highest BCUT2D eigenvalue weighted by atomic mass is 19.4. The smallest absolute Gasteiger partial charge is 0.426 e. The average molecular weight is 452 g/mol.